The molecule has 1 aliphatic carbocycles. The van der Waals surface area contributed by atoms with Crippen LogP contribution in [0, 0.1) is 35.1 Å². The van der Waals surface area contributed by atoms with E-state index in [4.69, 9.17) is 9.47 Å². The Morgan fingerprint density at radius 2 is 1.47 bits per heavy atom. The molecular formula is C25H30F4O3. The molecule has 1 fully saturated rings. The molecule has 1 aliphatic rings. The molecule has 3 nitrogen and oxygen atoms in total. The van der Waals surface area contributed by atoms with E-state index >= 15 is 0 Å². The van der Waals surface area contributed by atoms with E-state index in [0.29, 0.717) is 0 Å². The van der Waals surface area contributed by atoms with Gasteiger partial charge in [-0.05, 0) is 49.3 Å². The van der Waals surface area contributed by atoms with Crippen LogP contribution in [0.25, 0.3) is 0 Å². The molecule has 0 saturated heterocycles. The fourth-order valence-electron chi connectivity index (χ4n) is 4.37. The van der Waals surface area contributed by atoms with E-state index in [2.05, 4.69) is 6.92 Å². The van der Waals surface area contributed by atoms with Crippen molar-refractivity contribution >= 4 is 0 Å². The number of rotatable bonds is 9. The van der Waals surface area contributed by atoms with Crippen LogP contribution in [0.2, 0.25) is 0 Å². The van der Waals surface area contributed by atoms with Gasteiger partial charge in [0.15, 0.2) is 23.1 Å². The van der Waals surface area contributed by atoms with Crippen molar-refractivity contribution in [2.45, 2.75) is 58.8 Å². The molecule has 176 valence electrons. The lowest BCUT2D eigenvalue weighted by Crippen LogP contribution is -2.20. The largest absolute Gasteiger partial charge is 0.505 e. The van der Waals surface area contributed by atoms with Gasteiger partial charge in [0.2, 0.25) is 17.5 Å². The van der Waals surface area contributed by atoms with Crippen LogP contribution in [0.1, 0.15) is 63.5 Å². The van der Waals surface area contributed by atoms with Crippen LogP contribution in [0.15, 0.2) is 18.2 Å². The van der Waals surface area contributed by atoms with Gasteiger partial charge in [0.25, 0.3) is 0 Å². The number of aromatic hydroxyl groups is 1. The zero-order valence-corrected chi connectivity index (χ0v) is 18.5. The molecule has 0 amide bonds. The molecule has 0 bridgehead atoms. The second-order valence-corrected chi connectivity index (χ2v) is 8.46. The first-order valence-corrected chi connectivity index (χ1v) is 11.3. The highest BCUT2D eigenvalue weighted by Crippen LogP contribution is 2.36. The molecule has 7 heteroatoms. The Bertz CT molecular complexity index is 924. The first-order chi connectivity index (χ1) is 15.3. The zero-order valence-electron chi connectivity index (χ0n) is 18.5. The Morgan fingerprint density at radius 1 is 0.812 bits per heavy atom. The summed E-state index contributed by atoms with van der Waals surface area (Å²) in [6, 6.07) is 3.71. The molecule has 32 heavy (non-hydrogen) atoms. The Balaban J connectivity index is 1.74. The van der Waals surface area contributed by atoms with Crippen molar-refractivity contribution in [1.29, 1.82) is 0 Å². The lowest BCUT2D eigenvalue weighted by molar-refractivity contribution is 0.173. The third kappa shape index (κ3) is 5.48. The highest BCUT2D eigenvalue weighted by Gasteiger charge is 2.24. The number of benzene rings is 2. The second kappa shape index (κ2) is 10.9. The SMILES string of the molecule is CCCC1CCC(COc2cc(Cc3ccc(OCC)c(F)c3F)c(O)c(F)c2F)CC1. The number of phenols is 1. The van der Waals surface area contributed by atoms with Crippen LogP contribution in [-0.2, 0) is 6.42 Å². The summed E-state index contributed by atoms with van der Waals surface area (Å²) >= 11 is 0. The number of hydrogen-bond donors (Lipinski definition) is 1. The first kappa shape index (κ1) is 24.2. The summed E-state index contributed by atoms with van der Waals surface area (Å²) in [7, 11) is 0. The summed E-state index contributed by atoms with van der Waals surface area (Å²) in [6.45, 7) is 4.22. The van der Waals surface area contributed by atoms with Crippen molar-refractivity contribution in [1.82, 2.24) is 0 Å². The van der Waals surface area contributed by atoms with Gasteiger partial charge in [0, 0.05) is 12.0 Å². The number of phenolic OH excluding ortho intramolecular Hbond substituents is 1. The van der Waals surface area contributed by atoms with Gasteiger partial charge in [-0.3, -0.25) is 0 Å². The minimum atomic E-state index is -1.46. The molecule has 0 atom stereocenters. The Kier molecular flexibility index (Phi) is 8.26. The number of halogens is 4. The van der Waals surface area contributed by atoms with Gasteiger partial charge in [-0.25, -0.2) is 4.39 Å². The van der Waals surface area contributed by atoms with E-state index in [1.54, 1.807) is 6.92 Å². The van der Waals surface area contributed by atoms with Crippen LogP contribution in [0.5, 0.6) is 17.2 Å². The summed E-state index contributed by atoms with van der Waals surface area (Å²) in [5.74, 6) is -5.62. The summed E-state index contributed by atoms with van der Waals surface area (Å²) in [5.41, 5.74) is -0.208. The molecule has 2 aromatic rings. The lowest BCUT2D eigenvalue weighted by Gasteiger charge is -2.28. The average Bonchev–Trinajstić information content (AvgIpc) is 2.79. The molecule has 3 rings (SSSR count). The molecule has 1 saturated carbocycles. The molecule has 0 spiro atoms. The topological polar surface area (TPSA) is 38.7 Å². The monoisotopic (exact) mass is 454 g/mol. The third-order valence-electron chi connectivity index (χ3n) is 6.17. The Hall–Kier alpha value is -2.44. The molecule has 0 aliphatic heterocycles. The van der Waals surface area contributed by atoms with Gasteiger partial charge in [-0.2, -0.15) is 13.2 Å². The average molecular weight is 455 g/mol. The summed E-state index contributed by atoms with van der Waals surface area (Å²) < 4.78 is 67.9. The van der Waals surface area contributed by atoms with Crippen LogP contribution >= 0.6 is 0 Å². The van der Waals surface area contributed by atoms with E-state index in [-0.39, 0.29) is 48.2 Å². The smallest absolute Gasteiger partial charge is 0.204 e. The minimum Gasteiger partial charge on any atom is -0.505 e. The molecule has 2 aromatic carbocycles. The van der Waals surface area contributed by atoms with Gasteiger partial charge < -0.3 is 14.6 Å². The molecular weight excluding hydrogens is 424 g/mol. The van der Waals surface area contributed by atoms with E-state index in [0.717, 1.165) is 44.1 Å². The highest BCUT2D eigenvalue weighted by molar-refractivity contribution is 5.45. The lowest BCUT2D eigenvalue weighted by atomic mass is 9.80. The van der Waals surface area contributed by atoms with Crippen LogP contribution in [0.3, 0.4) is 0 Å². The number of ether oxygens (including phenoxy) is 2. The zero-order chi connectivity index (χ0) is 23.3. The maximum Gasteiger partial charge on any atom is 0.204 e. The highest BCUT2D eigenvalue weighted by atomic mass is 19.2. The van der Waals surface area contributed by atoms with E-state index < -0.39 is 29.0 Å². The molecule has 0 unspecified atom stereocenters. The quantitative estimate of drug-likeness (QED) is 0.418. The van der Waals surface area contributed by atoms with Gasteiger partial charge in [0.1, 0.15) is 0 Å². The summed E-state index contributed by atoms with van der Waals surface area (Å²) in [4.78, 5) is 0. The third-order valence-corrected chi connectivity index (χ3v) is 6.17. The Morgan fingerprint density at radius 3 is 2.12 bits per heavy atom. The second-order valence-electron chi connectivity index (χ2n) is 8.46. The van der Waals surface area contributed by atoms with Crippen LogP contribution in [0.4, 0.5) is 17.6 Å². The van der Waals surface area contributed by atoms with Gasteiger partial charge in [-0.1, -0.05) is 38.7 Å². The molecule has 0 aromatic heterocycles. The molecule has 0 radical (unpaired) electrons. The van der Waals surface area contributed by atoms with E-state index in [1.807, 2.05) is 0 Å². The van der Waals surface area contributed by atoms with E-state index in [9.17, 15) is 22.7 Å². The fraction of sp³-hybridized carbons (Fsp3) is 0.520. The molecule has 0 heterocycles. The van der Waals surface area contributed by atoms with Crippen molar-refractivity contribution in [2.75, 3.05) is 13.2 Å². The fourth-order valence-corrected chi connectivity index (χ4v) is 4.37. The molecule has 1 N–H and O–H groups in total. The van der Waals surface area contributed by atoms with Crippen LogP contribution in [-0.4, -0.2) is 18.3 Å². The standard InChI is InChI=1S/C25H30F4O3/c1-3-5-15-6-8-16(9-7-15)14-32-20-13-18(25(30)24(29)23(20)28)12-17-10-11-19(31-4-2)22(27)21(17)26/h10-11,13,15-16,30H,3-9,12,14H2,1-2H3. The van der Waals surface area contributed by atoms with Crippen molar-refractivity contribution in [3.63, 3.8) is 0 Å². The van der Waals surface area contributed by atoms with Gasteiger partial charge in [0.05, 0.1) is 13.2 Å². The maximum absolute atomic E-state index is 14.4. The predicted octanol–water partition coefficient (Wildman–Crippen LogP) is 6.92. The number of hydrogen-bond acceptors (Lipinski definition) is 3. The normalized spacial score (nSPS) is 18.6. The maximum atomic E-state index is 14.4. The van der Waals surface area contributed by atoms with E-state index in [1.165, 1.54) is 18.6 Å². The van der Waals surface area contributed by atoms with Crippen molar-refractivity contribution in [2.24, 2.45) is 11.8 Å². The first-order valence-electron chi connectivity index (χ1n) is 11.3. The predicted molar refractivity (Wildman–Crippen MR) is 114 cm³/mol. The van der Waals surface area contributed by atoms with Crippen molar-refractivity contribution in [3.05, 3.63) is 52.6 Å². The summed E-state index contributed by atoms with van der Waals surface area (Å²) in [6.07, 6.45) is 6.16. The van der Waals surface area contributed by atoms with Crippen molar-refractivity contribution in [3.8, 4) is 17.2 Å². The van der Waals surface area contributed by atoms with Gasteiger partial charge in [-0.15, -0.1) is 0 Å². The van der Waals surface area contributed by atoms with Crippen molar-refractivity contribution < 1.29 is 32.1 Å². The van der Waals surface area contributed by atoms with Crippen LogP contribution < -0.4 is 9.47 Å². The summed E-state index contributed by atoms with van der Waals surface area (Å²) in [5, 5.41) is 10.0. The Labute approximate surface area is 186 Å². The van der Waals surface area contributed by atoms with Gasteiger partial charge >= 0.3 is 0 Å². The minimum absolute atomic E-state index is 0.0898.